The summed E-state index contributed by atoms with van der Waals surface area (Å²) >= 11 is 0. The molecule has 0 spiro atoms. The van der Waals surface area contributed by atoms with Crippen LogP contribution in [-0.4, -0.2) is 36.3 Å². The number of carbonyl (C=O) groups is 1. The zero-order valence-electron chi connectivity index (χ0n) is 17.5. The van der Waals surface area contributed by atoms with Crippen LogP contribution in [0.5, 0.6) is 0 Å². The van der Waals surface area contributed by atoms with Crippen LogP contribution in [0.2, 0.25) is 0 Å². The van der Waals surface area contributed by atoms with Crippen molar-refractivity contribution in [3.05, 3.63) is 83.2 Å². The fourth-order valence-corrected chi connectivity index (χ4v) is 3.42. The minimum atomic E-state index is -0.0377. The second-order valence-electron chi connectivity index (χ2n) is 7.31. The normalized spacial score (nSPS) is 14.1. The van der Waals surface area contributed by atoms with Crippen LogP contribution >= 0.6 is 0 Å². The van der Waals surface area contributed by atoms with E-state index >= 15 is 0 Å². The number of pyridine rings is 1. The number of amides is 1. The van der Waals surface area contributed by atoms with Gasteiger partial charge in [-0.2, -0.15) is 4.99 Å². The van der Waals surface area contributed by atoms with Crippen LogP contribution in [-0.2, 0) is 6.42 Å². The summed E-state index contributed by atoms with van der Waals surface area (Å²) in [4.78, 5) is 24.9. The molecule has 2 aromatic carbocycles. The van der Waals surface area contributed by atoms with E-state index in [1.54, 1.807) is 7.05 Å². The Labute approximate surface area is 181 Å². The number of aliphatic imine (C=N–C) groups is 2. The maximum atomic E-state index is 11.9. The Bertz CT molecular complexity index is 1160. The highest BCUT2D eigenvalue weighted by Gasteiger charge is 2.16. The van der Waals surface area contributed by atoms with Gasteiger partial charge in [0.05, 0.1) is 0 Å². The van der Waals surface area contributed by atoms with Gasteiger partial charge in [0, 0.05) is 47.9 Å². The van der Waals surface area contributed by atoms with Gasteiger partial charge in [0.15, 0.2) is 0 Å². The van der Waals surface area contributed by atoms with Crippen LogP contribution in [0.4, 0.5) is 5.69 Å². The van der Waals surface area contributed by atoms with Crippen molar-refractivity contribution < 1.29 is 4.79 Å². The van der Waals surface area contributed by atoms with Gasteiger partial charge >= 0.3 is 0 Å². The third-order valence-corrected chi connectivity index (χ3v) is 5.15. The summed E-state index contributed by atoms with van der Waals surface area (Å²) in [5.74, 6) is 0.716. The average molecular weight is 412 g/mol. The molecule has 0 atom stereocenters. The van der Waals surface area contributed by atoms with E-state index in [4.69, 9.17) is 5.73 Å². The lowest BCUT2D eigenvalue weighted by Gasteiger charge is -2.17. The third-order valence-electron chi connectivity index (χ3n) is 5.15. The molecular formula is C24H24N6O. The van der Waals surface area contributed by atoms with Gasteiger partial charge in [-0.05, 0) is 48.7 Å². The number of carbonyl (C=O) groups excluding carboxylic acids is 1. The molecule has 0 saturated heterocycles. The van der Waals surface area contributed by atoms with Crippen molar-refractivity contribution in [3.63, 3.8) is 0 Å². The SMILES string of the molecule is CN=C(/N=C(\N)c1ccc(-c2ccc(C)nc2)cc1)Nc1ccc2c(c1)CCNC2=O. The number of amidine groups is 1. The molecule has 0 unspecified atom stereocenters. The van der Waals surface area contributed by atoms with Crippen LogP contribution in [0, 0.1) is 6.92 Å². The highest BCUT2D eigenvalue weighted by Crippen LogP contribution is 2.20. The predicted octanol–water partition coefficient (Wildman–Crippen LogP) is 3.15. The number of guanidine groups is 1. The molecule has 3 aromatic rings. The quantitative estimate of drug-likeness (QED) is 0.454. The number of benzene rings is 2. The summed E-state index contributed by atoms with van der Waals surface area (Å²) in [5.41, 5.74) is 12.6. The van der Waals surface area contributed by atoms with Crippen molar-refractivity contribution in [1.29, 1.82) is 0 Å². The third kappa shape index (κ3) is 4.61. The van der Waals surface area contributed by atoms with Gasteiger partial charge in [-0.15, -0.1) is 0 Å². The first-order valence-electron chi connectivity index (χ1n) is 10.1. The minimum absolute atomic E-state index is 0.0377. The van der Waals surface area contributed by atoms with Gasteiger partial charge in [0.1, 0.15) is 5.84 Å². The summed E-state index contributed by atoms with van der Waals surface area (Å²) in [6.07, 6.45) is 2.65. The van der Waals surface area contributed by atoms with Gasteiger partial charge in [0.25, 0.3) is 5.91 Å². The lowest BCUT2D eigenvalue weighted by Crippen LogP contribution is -2.31. The topological polar surface area (TPSA) is 105 Å². The fraction of sp³-hybridized carbons (Fsp3) is 0.167. The molecule has 7 heteroatoms. The Morgan fingerprint density at radius 1 is 1.10 bits per heavy atom. The van der Waals surface area contributed by atoms with Gasteiger partial charge in [0.2, 0.25) is 5.96 Å². The Kier molecular flexibility index (Phi) is 5.75. The zero-order chi connectivity index (χ0) is 21.8. The highest BCUT2D eigenvalue weighted by atomic mass is 16.1. The van der Waals surface area contributed by atoms with Gasteiger partial charge in [-0.3, -0.25) is 14.8 Å². The van der Waals surface area contributed by atoms with Crippen molar-refractivity contribution in [2.45, 2.75) is 13.3 Å². The standard InChI is InChI=1S/C24H24N6O/c1-15-3-4-19(14-28-15)16-5-7-17(8-6-16)22(25)30-24(26-2)29-20-9-10-21-18(13-20)11-12-27-23(21)31/h3-10,13-14H,11-12H2,1-2H3,(H,27,31)(H3,25,26,29,30). The van der Waals surface area contributed by atoms with Crippen molar-refractivity contribution in [3.8, 4) is 11.1 Å². The smallest absolute Gasteiger partial charge is 0.251 e. The number of anilines is 1. The molecule has 1 amide bonds. The van der Waals surface area contributed by atoms with E-state index in [0.29, 0.717) is 23.9 Å². The number of nitrogens with one attached hydrogen (secondary N) is 2. The first-order valence-corrected chi connectivity index (χ1v) is 10.1. The van der Waals surface area contributed by atoms with E-state index in [9.17, 15) is 4.79 Å². The summed E-state index contributed by atoms with van der Waals surface area (Å²) < 4.78 is 0. The minimum Gasteiger partial charge on any atom is -0.383 e. The molecule has 0 saturated carbocycles. The molecule has 0 aliphatic carbocycles. The maximum absolute atomic E-state index is 11.9. The molecule has 0 bridgehead atoms. The molecule has 1 aromatic heterocycles. The summed E-state index contributed by atoms with van der Waals surface area (Å²) in [5, 5.41) is 6.03. The Balaban J connectivity index is 1.50. The number of hydrogen-bond donors (Lipinski definition) is 3. The summed E-state index contributed by atoms with van der Waals surface area (Å²) in [6, 6.07) is 17.5. The molecule has 1 aliphatic heterocycles. The Hall–Kier alpha value is -4.00. The molecule has 4 rings (SSSR count). The molecule has 1 aliphatic rings. The van der Waals surface area contributed by atoms with Crippen LogP contribution < -0.4 is 16.4 Å². The lowest BCUT2D eigenvalue weighted by molar-refractivity contribution is 0.0946. The van der Waals surface area contributed by atoms with E-state index < -0.39 is 0 Å². The second kappa shape index (κ2) is 8.79. The summed E-state index contributed by atoms with van der Waals surface area (Å²) in [7, 11) is 1.65. The largest absolute Gasteiger partial charge is 0.383 e. The van der Waals surface area contributed by atoms with Crippen LogP contribution in [0.1, 0.15) is 27.2 Å². The average Bonchev–Trinajstić information content (AvgIpc) is 2.79. The first-order chi connectivity index (χ1) is 15.0. The van der Waals surface area contributed by atoms with Crippen LogP contribution in [0.3, 0.4) is 0 Å². The van der Waals surface area contributed by atoms with E-state index in [2.05, 4.69) is 25.6 Å². The lowest BCUT2D eigenvalue weighted by atomic mass is 10.00. The number of nitrogens with zero attached hydrogens (tertiary/aromatic N) is 3. The van der Waals surface area contributed by atoms with E-state index in [1.165, 1.54) is 0 Å². The second-order valence-corrected chi connectivity index (χ2v) is 7.31. The van der Waals surface area contributed by atoms with Gasteiger partial charge < -0.3 is 16.4 Å². The highest BCUT2D eigenvalue weighted by molar-refractivity contribution is 6.08. The molecule has 31 heavy (non-hydrogen) atoms. The Morgan fingerprint density at radius 2 is 1.87 bits per heavy atom. The fourth-order valence-electron chi connectivity index (χ4n) is 3.42. The molecule has 7 nitrogen and oxygen atoms in total. The van der Waals surface area contributed by atoms with Crippen molar-refractivity contribution >= 4 is 23.4 Å². The van der Waals surface area contributed by atoms with Gasteiger partial charge in [-0.25, -0.2) is 0 Å². The molecule has 2 heterocycles. The monoisotopic (exact) mass is 412 g/mol. The van der Waals surface area contributed by atoms with Crippen molar-refractivity contribution in [1.82, 2.24) is 10.3 Å². The van der Waals surface area contributed by atoms with Crippen LogP contribution in [0.25, 0.3) is 11.1 Å². The number of aromatic nitrogens is 1. The molecular weight excluding hydrogens is 388 g/mol. The van der Waals surface area contributed by atoms with Crippen LogP contribution in [0.15, 0.2) is 70.8 Å². The van der Waals surface area contributed by atoms with Crippen molar-refractivity contribution in [2.24, 2.45) is 15.7 Å². The molecule has 0 fully saturated rings. The zero-order valence-corrected chi connectivity index (χ0v) is 17.5. The first kappa shape index (κ1) is 20.3. The number of fused-ring (bicyclic) bond motifs is 1. The number of nitrogens with two attached hydrogens (primary N) is 1. The van der Waals surface area contributed by atoms with E-state index in [1.807, 2.05) is 67.7 Å². The molecule has 156 valence electrons. The van der Waals surface area contributed by atoms with E-state index in [0.717, 1.165) is 40.1 Å². The van der Waals surface area contributed by atoms with Gasteiger partial charge in [-0.1, -0.05) is 30.3 Å². The molecule has 0 radical (unpaired) electrons. The van der Waals surface area contributed by atoms with E-state index in [-0.39, 0.29) is 5.91 Å². The maximum Gasteiger partial charge on any atom is 0.251 e. The predicted molar refractivity (Wildman–Crippen MR) is 125 cm³/mol. The number of rotatable bonds is 3. The number of aryl methyl sites for hydroxylation is 1. The Morgan fingerprint density at radius 3 is 2.58 bits per heavy atom. The van der Waals surface area contributed by atoms with Crippen molar-refractivity contribution in [2.75, 3.05) is 18.9 Å². The molecule has 4 N–H and O–H groups in total. The summed E-state index contributed by atoms with van der Waals surface area (Å²) in [6.45, 7) is 2.61. The number of hydrogen-bond acceptors (Lipinski definition) is 3.